The van der Waals surface area contributed by atoms with Crippen LogP contribution in [0.15, 0.2) is 0 Å². The average Bonchev–Trinajstić information content (AvgIpc) is 3.02. The lowest BCUT2D eigenvalue weighted by Gasteiger charge is -2.44. The van der Waals surface area contributed by atoms with Crippen molar-refractivity contribution in [1.82, 2.24) is 0 Å². The van der Waals surface area contributed by atoms with Crippen molar-refractivity contribution >= 4 is 0 Å². The molecule has 0 aromatic heterocycles. The van der Waals surface area contributed by atoms with E-state index in [0.717, 1.165) is 0 Å². The minimum absolute atomic E-state index is 0.633. The molecule has 4 heterocycles. The maximum absolute atomic E-state index is 10.4. The van der Waals surface area contributed by atoms with Gasteiger partial charge in [-0.15, -0.1) is 0 Å². The number of aliphatic hydroxyl groups excluding tert-OH is 14. The number of hydrogen-bond donors (Lipinski definition) is 14. The van der Waals surface area contributed by atoms with Crippen LogP contribution in [-0.4, -0.2) is 221 Å². The van der Waals surface area contributed by atoms with Crippen LogP contribution in [0.25, 0.3) is 0 Å². The van der Waals surface area contributed by atoms with Gasteiger partial charge >= 0.3 is 0 Å². The second-order valence-electron chi connectivity index (χ2n) is 11.3. The molecule has 0 radical (unpaired) electrons. The van der Waals surface area contributed by atoms with E-state index in [9.17, 15) is 71.5 Å². The quantitative estimate of drug-likeness (QED) is 0.103. The molecule has 264 valence electrons. The Morgan fingerprint density at radius 1 is 0.333 bits per heavy atom. The van der Waals surface area contributed by atoms with Gasteiger partial charge in [0.15, 0.2) is 25.2 Å². The fraction of sp³-hybridized carbons (Fsp3) is 1.00. The zero-order valence-corrected chi connectivity index (χ0v) is 23.5. The molecule has 0 amide bonds. The molecule has 0 aliphatic carbocycles. The first-order valence-corrected chi connectivity index (χ1v) is 14.1. The molecule has 21 nitrogen and oxygen atoms in total. The van der Waals surface area contributed by atoms with Crippen molar-refractivity contribution in [3.63, 3.8) is 0 Å². The third-order valence-corrected chi connectivity index (χ3v) is 8.15. The summed E-state index contributed by atoms with van der Waals surface area (Å²) in [5.74, 6) is 0. The summed E-state index contributed by atoms with van der Waals surface area (Å²) in [4.78, 5) is 0. The Morgan fingerprint density at radius 2 is 0.622 bits per heavy atom. The Balaban J connectivity index is 1.33. The predicted octanol–water partition coefficient (Wildman–Crippen LogP) is -9.75. The number of aliphatic hydroxyl groups is 14. The lowest BCUT2D eigenvalue weighted by atomic mass is 9.98. The smallest absolute Gasteiger partial charge is 0.186 e. The Morgan fingerprint density at radius 3 is 0.978 bits per heavy atom. The molecule has 4 rings (SSSR count). The van der Waals surface area contributed by atoms with E-state index in [1.807, 2.05) is 0 Å². The third-order valence-electron chi connectivity index (χ3n) is 8.15. The van der Waals surface area contributed by atoms with Gasteiger partial charge in [0, 0.05) is 0 Å². The van der Waals surface area contributed by atoms with Gasteiger partial charge in [0.05, 0.1) is 26.4 Å². The summed E-state index contributed by atoms with van der Waals surface area (Å²) in [6, 6.07) is 0. The molecular formula is C24H42O21. The van der Waals surface area contributed by atoms with E-state index in [1.54, 1.807) is 0 Å². The van der Waals surface area contributed by atoms with E-state index in [-0.39, 0.29) is 0 Å². The zero-order valence-electron chi connectivity index (χ0n) is 23.5. The van der Waals surface area contributed by atoms with Gasteiger partial charge in [0.2, 0.25) is 0 Å². The molecule has 0 aromatic carbocycles. The molecule has 0 aromatic rings. The van der Waals surface area contributed by atoms with Crippen molar-refractivity contribution in [2.24, 2.45) is 0 Å². The van der Waals surface area contributed by atoms with Crippen LogP contribution in [0.4, 0.5) is 0 Å². The fourth-order valence-electron chi connectivity index (χ4n) is 5.23. The summed E-state index contributed by atoms with van der Waals surface area (Å²) in [6.45, 7) is -2.67. The molecule has 0 bridgehead atoms. The molecule has 0 saturated carbocycles. The molecule has 4 aliphatic heterocycles. The number of hydrogen-bond acceptors (Lipinski definition) is 21. The highest BCUT2D eigenvalue weighted by molar-refractivity contribution is 4.94. The van der Waals surface area contributed by atoms with E-state index >= 15 is 0 Å². The monoisotopic (exact) mass is 666 g/mol. The van der Waals surface area contributed by atoms with Crippen LogP contribution in [0, 0.1) is 0 Å². The van der Waals surface area contributed by atoms with Crippen molar-refractivity contribution in [2.45, 2.75) is 123 Å². The van der Waals surface area contributed by atoms with E-state index in [1.165, 1.54) is 0 Å². The first-order valence-electron chi connectivity index (χ1n) is 14.1. The van der Waals surface area contributed by atoms with Gasteiger partial charge in [-0.1, -0.05) is 0 Å². The van der Waals surface area contributed by atoms with E-state index in [4.69, 9.17) is 33.2 Å². The van der Waals surface area contributed by atoms with Crippen molar-refractivity contribution in [3.8, 4) is 0 Å². The van der Waals surface area contributed by atoms with E-state index in [0.29, 0.717) is 0 Å². The van der Waals surface area contributed by atoms with Gasteiger partial charge < -0.3 is 105 Å². The highest BCUT2D eigenvalue weighted by Crippen LogP contribution is 2.29. The van der Waals surface area contributed by atoms with Crippen molar-refractivity contribution in [3.05, 3.63) is 0 Å². The normalized spacial score (nSPS) is 52.9. The van der Waals surface area contributed by atoms with Crippen LogP contribution in [0.3, 0.4) is 0 Å². The number of ether oxygens (including phenoxy) is 7. The second-order valence-corrected chi connectivity index (χ2v) is 11.3. The molecule has 0 spiro atoms. The zero-order chi connectivity index (χ0) is 33.3. The minimum atomic E-state index is -1.88. The Kier molecular flexibility index (Phi) is 12.8. The molecule has 21 heteroatoms. The molecule has 4 fully saturated rings. The third kappa shape index (κ3) is 7.91. The molecule has 14 N–H and O–H groups in total. The highest BCUT2D eigenvalue weighted by Gasteiger charge is 2.50. The summed E-state index contributed by atoms with van der Waals surface area (Å²) in [5, 5.41) is 141. The van der Waals surface area contributed by atoms with Crippen LogP contribution < -0.4 is 0 Å². The lowest BCUT2D eigenvalue weighted by Crippen LogP contribution is -2.63. The standard InChI is InChI=1S/C24H42O21/c25-1-5-9(26)14(31)18(35)22(43-5)40-3-7-11(28)16(33)20(37)24(45-7)41-4-8-12(29)15(32)19(36)23(44-8)39-2-6-10(27)13(30)17(34)21(38)42-6/h5-38H,1-4H2/t5-,6-,7-,8-,9-,10+,11+,12+,13+,14+,15+,16+,17-,18-,19-,20-,21-,22-,23-,24-/m1/s1. The van der Waals surface area contributed by atoms with Crippen LogP contribution in [-0.2, 0) is 33.2 Å². The van der Waals surface area contributed by atoms with Crippen molar-refractivity contribution in [1.29, 1.82) is 0 Å². The van der Waals surface area contributed by atoms with Gasteiger partial charge in [0.1, 0.15) is 97.7 Å². The van der Waals surface area contributed by atoms with E-state index in [2.05, 4.69) is 0 Å². The second kappa shape index (κ2) is 15.6. The molecule has 45 heavy (non-hydrogen) atoms. The maximum atomic E-state index is 10.4. The Labute approximate surface area is 254 Å². The van der Waals surface area contributed by atoms with Gasteiger partial charge in [-0.2, -0.15) is 0 Å². The number of rotatable bonds is 10. The topological polar surface area (TPSA) is 348 Å². The van der Waals surface area contributed by atoms with Gasteiger partial charge in [-0.05, 0) is 0 Å². The summed E-state index contributed by atoms with van der Waals surface area (Å²) < 4.78 is 37.2. The fourth-order valence-corrected chi connectivity index (χ4v) is 5.23. The molecular weight excluding hydrogens is 624 g/mol. The van der Waals surface area contributed by atoms with Gasteiger partial charge in [-0.3, -0.25) is 0 Å². The maximum Gasteiger partial charge on any atom is 0.186 e. The van der Waals surface area contributed by atoms with Crippen LogP contribution in [0.2, 0.25) is 0 Å². The van der Waals surface area contributed by atoms with Crippen LogP contribution >= 0.6 is 0 Å². The molecule has 4 aliphatic rings. The molecule has 20 atom stereocenters. The molecule has 0 unspecified atom stereocenters. The summed E-state index contributed by atoms with van der Waals surface area (Å²) in [7, 11) is 0. The van der Waals surface area contributed by atoms with Gasteiger partial charge in [-0.25, -0.2) is 0 Å². The van der Waals surface area contributed by atoms with Crippen LogP contribution in [0.1, 0.15) is 0 Å². The largest absolute Gasteiger partial charge is 0.394 e. The Bertz CT molecular complexity index is 916. The summed E-state index contributed by atoms with van der Waals surface area (Å²) in [5.41, 5.74) is 0. The summed E-state index contributed by atoms with van der Waals surface area (Å²) in [6.07, 6.45) is -34.1. The van der Waals surface area contributed by atoms with E-state index < -0.39 is 149 Å². The first-order chi connectivity index (χ1) is 21.2. The minimum Gasteiger partial charge on any atom is -0.394 e. The van der Waals surface area contributed by atoms with Crippen LogP contribution in [0.5, 0.6) is 0 Å². The van der Waals surface area contributed by atoms with Gasteiger partial charge in [0.25, 0.3) is 0 Å². The average molecular weight is 667 g/mol. The predicted molar refractivity (Wildman–Crippen MR) is 134 cm³/mol. The SMILES string of the molecule is OC[C@H]1O[C@@H](OC[C@H]2O[C@@H](OC[C@H]3O[C@@H](OC[C@H]4O[C@@H](O)[C@H](O)[C@@H](O)[C@H]4O)[C@H](O)[C@@H](O)[C@H]3O)[C@H](O)[C@@H](O)[C@H]2O)[C@H](O)[C@@H](O)[C@@H]1O. The van der Waals surface area contributed by atoms with Crippen molar-refractivity contribution in [2.75, 3.05) is 26.4 Å². The summed E-state index contributed by atoms with van der Waals surface area (Å²) >= 11 is 0. The molecule has 4 saturated heterocycles. The first kappa shape index (κ1) is 37.0. The lowest BCUT2D eigenvalue weighted by molar-refractivity contribution is -0.346. The highest BCUT2D eigenvalue weighted by atomic mass is 16.7. The Hall–Kier alpha value is -0.840. The van der Waals surface area contributed by atoms with Crippen molar-refractivity contribution < 1.29 is 105 Å².